The molecule has 2 aromatic carbocycles. The van der Waals surface area contributed by atoms with Gasteiger partial charge in [-0.25, -0.2) is 13.4 Å². The number of nitrogens with zero attached hydrogens (tertiary/aromatic N) is 2. The minimum absolute atomic E-state index is 0.169. The first kappa shape index (κ1) is 20.4. The highest BCUT2D eigenvalue weighted by atomic mass is 32.2. The highest BCUT2D eigenvalue weighted by Gasteiger charge is 2.23. The van der Waals surface area contributed by atoms with Crippen molar-refractivity contribution in [3.05, 3.63) is 59.1 Å². The summed E-state index contributed by atoms with van der Waals surface area (Å²) in [6, 6.07) is 14.9. The lowest BCUT2D eigenvalue weighted by atomic mass is 10.1. The molecule has 148 valence electrons. The monoisotopic (exact) mass is 417 g/mol. The molecule has 1 aromatic heterocycles. The zero-order valence-corrected chi connectivity index (χ0v) is 17.5. The van der Waals surface area contributed by atoms with Crippen LogP contribution >= 0.6 is 11.3 Å². The van der Waals surface area contributed by atoms with E-state index in [1.807, 2.05) is 37.3 Å². The first-order valence-corrected chi connectivity index (χ1v) is 11.3. The maximum Gasteiger partial charge on any atom is 0.243 e. The van der Waals surface area contributed by atoms with Gasteiger partial charge in [-0.3, -0.25) is 4.79 Å². The number of nitrogens with one attached hydrogen (secondary N) is 1. The Hall–Kier alpha value is -2.29. The van der Waals surface area contributed by atoms with E-state index < -0.39 is 10.0 Å². The van der Waals surface area contributed by atoms with Gasteiger partial charge in [0.1, 0.15) is 0 Å². The highest BCUT2D eigenvalue weighted by Crippen LogP contribution is 2.25. The fourth-order valence-corrected chi connectivity index (χ4v) is 4.96. The standard InChI is InChI=1S/C20H23N3O3S2/c1-15-22-18-11-10-17(13-19(18)27-15)28(25,26)23(2)14-20(24)21-12-6-9-16-7-4-3-5-8-16/h3-5,7-8,10-11,13H,6,9,12,14H2,1-2H3,(H,21,24). The summed E-state index contributed by atoms with van der Waals surface area (Å²) >= 11 is 1.45. The van der Waals surface area contributed by atoms with Crippen molar-refractivity contribution >= 4 is 37.5 Å². The predicted octanol–water partition coefficient (Wildman–Crippen LogP) is 2.97. The van der Waals surface area contributed by atoms with Crippen LogP contribution in [0.1, 0.15) is 17.0 Å². The number of rotatable bonds is 8. The van der Waals surface area contributed by atoms with Crippen LogP contribution in [0.3, 0.4) is 0 Å². The van der Waals surface area contributed by atoms with Crippen LogP contribution in [0.25, 0.3) is 10.2 Å². The maximum atomic E-state index is 12.8. The Morgan fingerprint density at radius 3 is 2.68 bits per heavy atom. The maximum absolute atomic E-state index is 12.8. The molecule has 0 spiro atoms. The van der Waals surface area contributed by atoms with Crippen molar-refractivity contribution < 1.29 is 13.2 Å². The average Bonchev–Trinajstić information content (AvgIpc) is 3.05. The second-order valence-corrected chi connectivity index (χ2v) is 9.84. The van der Waals surface area contributed by atoms with E-state index in [0.29, 0.717) is 6.54 Å². The lowest BCUT2D eigenvalue weighted by Gasteiger charge is -2.17. The number of hydrogen-bond acceptors (Lipinski definition) is 5. The van der Waals surface area contributed by atoms with Gasteiger partial charge in [-0.2, -0.15) is 4.31 Å². The van der Waals surface area contributed by atoms with Gasteiger partial charge >= 0.3 is 0 Å². The average molecular weight is 418 g/mol. The molecule has 1 amide bonds. The number of benzene rings is 2. The van der Waals surface area contributed by atoms with Crippen LogP contribution in [0.4, 0.5) is 0 Å². The molecular formula is C20H23N3O3S2. The SMILES string of the molecule is Cc1nc2ccc(S(=O)(=O)N(C)CC(=O)NCCCc3ccccc3)cc2s1. The van der Waals surface area contributed by atoms with Gasteiger partial charge in [0.25, 0.3) is 0 Å². The van der Waals surface area contributed by atoms with Gasteiger partial charge in [-0.1, -0.05) is 30.3 Å². The number of fused-ring (bicyclic) bond motifs is 1. The first-order valence-electron chi connectivity index (χ1n) is 9.00. The Morgan fingerprint density at radius 2 is 1.93 bits per heavy atom. The third kappa shape index (κ3) is 4.95. The van der Waals surface area contributed by atoms with Crippen molar-refractivity contribution in [3.8, 4) is 0 Å². The fourth-order valence-electron chi connectivity index (χ4n) is 2.87. The Morgan fingerprint density at radius 1 is 1.18 bits per heavy atom. The normalized spacial score (nSPS) is 11.8. The van der Waals surface area contributed by atoms with Crippen molar-refractivity contribution in [3.63, 3.8) is 0 Å². The first-order chi connectivity index (χ1) is 13.4. The summed E-state index contributed by atoms with van der Waals surface area (Å²) in [5, 5.41) is 3.67. The summed E-state index contributed by atoms with van der Waals surface area (Å²) in [4.78, 5) is 16.6. The summed E-state index contributed by atoms with van der Waals surface area (Å²) in [6.07, 6.45) is 1.66. The Kier molecular flexibility index (Phi) is 6.43. The second-order valence-electron chi connectivity index (χ2n) is 6.56. The van der Waals surface area contributed by atoms with Crippen molar-refractivity contribution in [2.75, 3.05) is 20.1 Å². The minimum Gasteiger partial charge on any atom is -0.355 e. The van der Waals surface area contributed by atoms with Crippen molar-refractivity contribution in [2.24, 2.45) is 0 Å². The number of likely N-dealkylation sites (N-methyl/N-ethyl adjacent to an activating group) is 1. The minimum atomic E-state index is -3.74. The topological polar surface area (TPSA) is 79.4 Å². The van der Waals surface area contributed by atoms with Crippen LogP contribution in [-0.4, -0.2) is 43.8 Å². The predicted molar refractivity (Wildman–Crippen MR) is 112 cm³/mol. The fraction of sp³-hybridized carbons (Fsp3) is 0.300. The van der Waals surface area contributed by atoms with Gasteiger partial charge in [-0.05, 0) is 43.5 Å². The van der Waals surface area contributed by atoms with Crippen molar-refractivity contribution in [1.82, 2.24) is 14.6 Å². The van der Waals surface area contributed by atoms with E-state index >= 15 is 0 Å². The molecular weight excluding hydrogens is 394 g/mol. The molecule has 3 aromatic rings. The van der Waals surface area contributed by atoms with E-state index in [-0.39, 0.29) is 17.3 Å². The summed E-state index contributed by atoms with van der Waals surface area (Å²) in [5.74, 6) is -0.311. The lowest BCUT2D eigenvalue weighted by molar-refractivity contribution is -0.121. The van der Waals surface area contributed by atoms with Gasteiger partial charge in [0, 0.05) is 13.6 Å². The van der Waals surface area contributed by atoms with E-state index in [9.17, 15) is 13.2 Å². The van der Waals surface area contributed by atoms with Crippen molar-refractivity contribution in [1.29, 1.82) is 0 Å². The molecule has 0 fully saturated rings. The molecule has 0 unspecified atom stereocenters. The summed E-state index contributed by atoms with van der Waals surface area (Å²) in [7, 11) is -2.32. The smallest absolute Gasteiger partial charge is 0.243 e. The molecule has 0 saturated carbocycles. The Balaban J connectivity index is 1.54. The van der Waals surface area contributed by atoms with Crippen LogP contribution < -0.4 is 5.32 Å². The molecule has 0 aliphatic heterocycles. The number of thiazole rings is 1. The molecule has 8 heteroatoms. The highest BCUT2D eigenvalue weighted by molar-refractivity contribution is 7.89. The summed E-state index contributed by atoms with van der Waals surface area (Å²) in [6.45, 7) is 2.17. The molecule has 0 radical (unpaired) electrons. The molecule has 1 heterocycles. The van der Waals surface area contributed by atoms with Crippen LogP contribution in [0.5, 0.6) is 0 Å². The number of carbonyl (C=O) groups excluding carboxylic acids is 1. The summed E-state index contributed by atoms with van der Waals surface area (Å²) in [5.41, 5.74) is 1.99. The molecule has 6 nitrogen and oxygen atoms in total. The molecule has 0 bridgehead atoms. The molecule has 3 rings (SSSR count). The number of amides is 1. The quantitative estimate of drug-likeness (QED) is 0.572. The molecule has 0 saturated heterocycles. The van der Waals surface area contributed by atoms with Gasteiger partial charge in [0.05, 0.1) is 26.7 Å². The van der Waals surface area contributed by atoms with Crippen LogP contribution in [0, 0.1) is 6.92 Å². The van der Waals surface area contributed by atoms with Gasteiger partial charge < -0.3 is 5.32 Å². The Bertz CT molecular complexity index is 1060. The van der Waals surface area contributed by atoms with Crippen LogP contribution in [-0.2, 0) is 21.2 Å². The molecule has 0 aliphatic carbocycles. The number of sulfonamides is 1. The van der Waals surface area contributed by atoms with E-state index in [2.05, 4.69) is 10.3 Å². The molecule has 28 heavy (non-hydrogen) atoms. The third-order valence-corrected chi connectivity index (χ3v) is 7.08. The third-order valence-electron chi connectivity index (χ3n) is 4.35. The zero-order chi connectivity index (χ0) is 20.1. The second kappa shape index (κ2) is 8.81. The van der Waals surface area contributed by atoms with Crippen LogP contribution in [0.2, 0.25) is 0 Å². The molecule has 0 aliphatic rings. The van der Waals surface area contributed by atoms with Crippen molar-refractivity contribution in [2.45, 2.75) is 24.7 Å². The largest absolute Gasteiger partial charge is 0.355 e. The van der Waals surface area contributed by atoms with E-state index in [1.165, 1.54) is 30.0 Å². The number of carbonyl (C=O) groups is 1. The van der Waals surface area contributed by atoms with Crippen LogP contribution in [0.15, 0.2) is 53.4 Å². The number of aryl methyl sites for hydroxylation is 2. The molecule has 1 N–H and O–H groups in total. The lowest BCUT2D eigenvalue weighted by Crippen LogP contribution is -2.38. The summed E-state index contributed by atoms with van der Waals surface area (Å²) < 4.78 is 27.4. The zero-order valence-electron chi connectivity index (χ0n) is 15.9. The molecule has 0 atom stereocenters. The number of hydrogen-bond donors (Lipinski definition) is 1. The van der Waals surface area contributed by atoms with E-state index in [1.54, 1.807) is 12.1 Å². The van der Waals surface area contributed by atoms with Gasteiger partial charge in [-0.15, -0.1) is 11.3 Å². The number of aromatic nitrogens is 1. The van der Waals surface area contributed by atoms with Gasteiger partial charge in [0.15, 0.2) is 0 Å². The Labute approximate surface area is 169 Å². The van der Waals surface area contributed by atoms with E-state index in [4.69, 9.17) is 0 Å². The van der Waals surface area contributed by atoms with E-state index in [0.717, 1.165) is 32.4 Å². The van der Waals surface area contributed by atoms with Gasteiger partial charge in [0.2, 0.25) is 15.9 Å².